The lowest BCUT2D eigenvalue weighted by atomic mass is 9.99. The zero-order chi connectivity index (χ0) is 13.2. The van der Waals surface area contributed by atoms with Crippen LogP contribution in [0, 0.1) is 0 Å². The minimum Gasteiger partial charge on any atom is -0.455 e. The number of ether oxygens (including phenoxy) is 3. The molecule has 1 heterocycles. The van der Waals surface area contributed by atoms with Gasteiger partial charge in [0.2, 0.25) is 0 Å². The summed E-state index contributed by atoms with van der Waals surface area (Å²) in [6.45, 7) is 3.81. The summed E-state index contributed by atoms with van der Waals surface area (Å²) >= 11 is 0. The van der Waals surface area contributed by atoms with Crippen LogP contribution in [0.5, 0.6) is 0 Å². The summed E-state index contributed by atoms with van der Waals surface area (Å²) in [6.07, 6.45) is -5.73. The van der Waals surface area contributed by atoms with Crippen LogP contribution in [0.25, 0.3) is 0 Å². The van der Waals surface area contributed by atoms with Gasteiger partial charge in [0.1, 0.15) is 6.10 Å². The van der Waals surface area contributed by atoms with Crippen molar-refractivity contribution >= 4 is 11.9 Å². The summed E-state index contributed by atoms with van der Waals surface area (Å²) in [5.74, 6) is -1.32. The summed E-state index contributed by atoms with van der Waals surface area (Å²) in [4.78, 5) is 21.8. The average Bonchev–Trinajstić information content (AvgIpc) is 2.19. The van der Waals surface area contributed by atoms with Gasteiger partial charge in [-0.1, -0.05) is 0 Å². The van der Waals surface area contributed by atoms with Crippen molar-refractivity contribution in [3.05, 3.63) is 0 Å². The Morgan fingerprint density at radius 2 is 1.53 bits per heavy atom. The summed E-state index contributed by atoms with van der Waals surface area (Å²) in [5, 5.41) is 19.4. The molecular weight excluding hydrogens is 232 g/mol. The summed E-state index contributed by atoms with van der Waals surface area (Å²) in [7, 11) is 0. The smallest absolute Gasteiger partial charge is 0.303 e. The predicted octanol–water partition coefficient (Wildman–Crippen LogP) is -1.05. The van der Waals surface area contributed by atoms with E-state index in [1.165, 1.54) is 6.92 Å². The molecule has 0 bridgehead atoms. The Bertz CT molecular complexity index is 303. The highest BCUT2D eigenvalue weighted by Crippen LogP contribution is 2.24. The van der Waals surface area contributed by atoms with Crippen LogP contribution in [0.15, 0.2) is 0 Å². The maximum atomic E-state index is 10.9. The molecule has 0 unspecified atom stereocenters. The molecule has 98 valence electrons. The van der Waals surface area contributed by atoms with Gasteiger partial charge in [-0.3, -0.25) is 9.59 Å². The standard InChI is InChI=1S/C10H16O7/c1-4-7(13)8(16-5(2)11)9(10(14)15-4)17-6(3)12/h4,7-10,13-14H,1-3H3/t4-,7-,8+,9+,10+/m0/s1. The first kappa shape index (κ1) is 13.9. The molecule has 0 amide bonds. The van der Waals surface area contributed by atoms with E-state index in [0.717, 1.165) is 13.8 Å². The third kappa shape index (κ3) is 3.39. The molecule has 0 spiro atoms. The third-order valence-electron chi connectivity index (χ3n) is 2.38. The summed E-state index contributed by atoms with van der Waals surface area (Å²) < 4.78 is 14.6. The SMILES string of the molecule is CC(=O)O[C@@H]1[C@@H](O)[C@H](C)O[C@@H](O)[C@@H]1OC(C)=O. The Hall–Kier alpha value is -1.18. The van der Waals surface area contributed by atoms with Crippen LogP contribution < -0.4 is 0 Å². The third-order valence-corrected chi connectivity index (χ3v) is 2.38. The van der Waals surface area contributed by atoms with Gasteiger partial charge < -0.3 is 24.4 Å². The van der Waals surface area contributed by atoms with E-state index in [2.05, 4.69) is 0 Å². The highest BCUT2D eigenvalue weighted by molar-refractivity contribution is 5.67. The molecule has 2 N–H and O–H groups in total. The maximum absolute atomic E-state index is 10.9. The largest absolute Gasteiger partial charge is 0.455 e. The molecule has 7 heteroatoms. The second-order valence-corrected chi connectivity index (χ2v) is 3.87. The van der Waals surface area contributed by atoms with Gasteiger partial charge in [0.15, 0.2) is 18.5 Å². The van der Waals surface area contributed by atoms with Crippen molar-refractivity contribution in [1.29, 1.82) is 0 Å². The second-order valence-electron chi connectivity index (χ2n) is 3.87. The Morgan fingerprint density at radius 3 is 2.00 bits per heavy atom. The van der Waals surface area contributed by atoms with E-state index in [4.69, 9.17) is 14.2 Å². The van der Waals surface area contributed by atoms with Crippen LogP contribution in [-0.2, 0) is 23.8 Å². The zero-order valence-electron chi connectivity index (χ0n) is 9.82. The number of carbonyl (C=O) groups is 2. The van der Waals surface area contributed by atoms with Crippen LogP contribution in [0.3, 0.4) is 0 Å². The molecule has 1 aliphatic rings. The topological polar surface area (TPSA) is 102 Å². The lowest BCUT2D eigenvalue weighted by molar-refractivity contribution is -0.285. The number of hydrogen-bond donors (Lipinski definition) is 2. The van der Waals surface area contributed by atoms with Crippen molar-refractivity contribution in [2.24, 2.45) is 0 Å². The van der Waals surface area contributed by atoms with Gasteiger partial charge in [-0.25, -0.2) is 0 Å². The molecule has 5 atom stereocenters. The zero-order valence-corrected chi connectivity index (χ0v) is 9.82. The van der Waals surface area contributed by atoms with Crippen molar-refractivity contribution < 1.29 is 34.0 Å². The molecular formula is C10H16O7. The molecule has 7 nitrogen and oxygen atoms in total. The van der Waals surface area contributed by atoms with E-state index in [1.807, 2.05) is 0 Å². The summed E-state index contributed by atoms with van der Waals surface area (Å²) in [5.41, 5.74) is 0. The Morgan fingerprint density at radius 1 is 1.06 bits per heavy atom. The van der Waals surface area contributed by atoms with Crippen LogP contribution >= 0.6 is 0 Å². The lowest BCUT2D eigenvalue weighted by Gasteiger charge is -2.40. The normalized spacial score (nSPS) is 37.4. The van der Waals surface area contributed by atoms with Crippen LogP contribution in [0.4, 0.5) is 0 Å². The lowest BCUT2D eigenvalue weighted by Crippen LogP contribution is -2.59. The first-order valence-electron chi connectivity index (χ1n) is 5.19. The van der Waals surface area contributed by atoms with Crippen molar-refractivity contribution in [2.75, 3.05) is 0 Å². The number of hydrogen-bond acceptors (Lipinski definition) is 7. The van der Waals surface area contributed by atoms with Crippen molar-refractivity contribution in [3.8, 4) is 0 Å². The number of rotatable bonds is 2. The van der Waals surface area contributed by atoms with Crippen LogP contribution in [-0.4, -0.2) is 52.9 Å². The summed E-state index contributed by atoms with van der Waals surface area (Å²) in [6, 6.07) is 0. The van der Waals surface area contributed by atoms with E-state index in [0.29, 0.717) is 0 Å². The fourth-order valence-electron chi connectivity index (χ4n) is 1.65. The Kier molecular flexibility index (Phi) is 4.44. The quantitative estimate of drug-likeness (QED) is 0.601. The number of aliphatic hydroxyl groups is 2. The van der Waals surface area contributed by atoms with Crippen LogP contribution in [0.2, 0.25) is 0 Å². The van der Waals surface area contributed by atoms with E-state index < -0.39 is 42.6 Å². The van der Waals surface area contributed by atoms with Gasteiger partial charge in [-0.2, -0.15) is 0 Å². The fraction of sp³-hybridized carbons (Fsp3) is 0.800. The molecule has 0 radical (unpaired) electrons. The van der Waals surface area contributed by atoms with E-state index in [1.54, 1.807) is 0 Å². The molecule has 1 aliphatic heterocycles. The fourth-order valence-corrected chi connectivity index (χ4v) is 1.65. The van der Waals surface area contributed by atoms with Gasteiger partial charge in [0.25, 0.3) is 0 Å². The molecule has 1 fully saturated rings. The second kappa shape index (κ2) is 5.44. The number of carbonyl (C=O) groups excluding carboxylic acids is 2. The Balaban J connectivity index is 2.86. The molecule has 0 aromatic heterocycles. The van der Waals surface area contributed by atoms with E-state index >= 15 is 0 Å². The van der Waals surface area contributed by atoms with Crippen molar-refractivity contribution in [2.45, 2.75) is 51.5 Å². The first-order chi connectivity index (χ1) is 7.82. The predicted molar refractivity (Wildman–Crippen MR) is 53.7 cm³/mol. The van der Waals surface area contributed by atoms with Crippen LogP contribution in [0.1, 0.15) is 20.8 Å². The molecule has 17 heavy (non-hydrogen) atoms. The minimum atomic E-state index is -1.44. The molecule has 0 aromatic carbocycles. The molecule has 0 aliphatic carbocycles. The number of aliphatic hydroxyl groups excluding tert-OH is 2. The van der Waals surface area contributed by atoms with Gasteiger partial charge in [0.05, 0.1) is 6.10 Å². The van der Waals surface area contributed by atoms with Gasteiger partial charge >= 0.3 is 11.9 Å². The highest BCUT2D eigenvalue weighted by atomic mass is 16.7. The van der Waals surface area contributed by atoms with Gasteiger partial charge in [0, 0.05) is 13.8 Å². The van der Waals surface area contributed by atoms with Gasteiger partial charge in [-0.15, -0.1) is 0 Å². The maximum Gasteiger partial charge on any atom is 0.303 e. The first-order valence-corrected chi connectivity index (χ1v) is 5.19. The van der Waals surface area contributed by atoms with Crippen molar-refractivity contribution in [3.63, 3.8) is 0 Å². The number of esters is 2. The molecule has 1 saturated heterocycles. The average molecular weight is 248 g/mol. The highest BCUT2D eigenvalue weighted by Gasteiger charge is 2.47. The Labute approximate surface area is 98.3 Å². The van der Waals surface area contributed by atoms with E-state index in [-0.39, 0.29) is 0 Å². The van der Waals surface area contributed by atoms with Crippen molar-refractivity contribution in [1.82, 2.24) is 0 Å². The molecule has 0 saturated carbocycles. The minimum absolute atomic E-state index is 0.646. The monoisotopic (exact) mass is 248 g/mol. The molecule has 0 aromatic rings. The van der Waals surface area contributed by atoms with E-state index in [9.17, 15) is 19.8 Å². The van der Waals surface area contributed by atoms with Gasteiger partial charge in [-0.05, 0) is 6.92 Å². The molecule has 1 rings (SSSR count).